The van der Waals surface area contributed by atoms with E-state index in [-0.39, 0.29) is 0 Å². The van der Waals surface area contributed by atoms with Crippen LogP contribution in [0.1, 0.15) is 56.6 Å². The molecule has 0 spiro atoms. The predicted octanol–water partition coefficient (Wildman–Crippen LogP) is 5.17. The molecule has 2 heteroatoms. The number of rotatable bonds is 4. The number of benzene rings is 1. The van der Waals surface area contributed by atoms with Gasteiger partial charge >= 0.3 is 0 Å². The van der Waals surface area contributed by atoms with Crippen LogP contribution in [0.25, 0.3) is 0 Å². The Morgan fingerprint density at radius 3 is 2.30 bits per heavy atom. The summed E-state index contributed by atoms with van der Waals surface area (Å²) in [5, 5.41) is 9.45. The summed E-state index contributed by atoms with van der Waals surface area (Å²) in [6, 6.07) is 6.65. The van der Waals surface area contributed by atoms with Crippen LogP contribution in [-0.4, -0.2) is 12.2 Å². The highest BCUT2D eigenvalue weighted by atomic mass is 16.5. The lowest BCUT2D eigenvalue weighted by molar-refractivity contribution is -0.00618. The van der Waals surface area contributed by atoms with Crippen LogP contribution in [0, 0.1) is 17.8 Å². The van der Waals surface area contributed by atoms with Crippen LogP contribution in [0.3, 0.4) is 0 Å². The van der Waals surface area contributed by atoms with Gasteiger partial charge in [0.15, 0.2) is 0 Å². The molecule has 0 atom stereocenters. The van der Waals surface area contributed by atoms with Gasteiger partial charge in [-0.25, -0.2) is 0 Å². The van der Waals surface area contributed by atoms with Crippen LogP contribution < -0.4 is 4.74 Å². The molecule has 4 saturated carbocycles. The molecule has 4 fully saturated rings. The van der Waals surface area contributed by atoms with Gasteiger partial charge in [-0.05, 0) is 92.7 Å². The van der Waals surface area contributed by atoms with Crippen molar-refractivity contribution in [1.29, 1.82) is 0 Å². The summed E-state index contributed by atoms with van der Waals surface area (Å²) < 4.78 is 5.75. The summed E-state index contributed by atoms with van der Waals surface area (Å²) in [7, 11) is 1.80. The van der Waals surface area contributed by atoms with Crippen molar-refractivity contribution in [1.82, 2.24) is 0 Å². The summed E-state index contributed by atoms with van der Waals surface area (Å²) in [4.78, 5) is 0. The lowest BCUT2D eigenvalue weighted by Gasteiger charge is -2.57. The second kappa shape index (κ2) is 5.58. The van der Waals surface area contributed by atoms with Gasteiger partial charge in [0, 0.05) is 5.56 Å². The molecule has 23 heavy (non-hydrogen) atoms. The van der Waals surface area contributed by atoms with E-state index in [0.29, 0.717) is 11.2 Å². The second-order valence-corrected chi connectivity index (χ2v) is 8.28. The van der Waals surface area contributed by atoms with Gasteiger partial charge in [0.25, 0.3) is 0 Å². The molecule has 4 aliphatic rings. The maximum atomic E-state index is 9.45. The Kier molecular flexibility index (Phi) is 3.66. The molecule has 1 N–H and O–H groups in total. The molecule has 0 unspecified atom stereocenters. The third kappa shape index (κ3) is 2.66. The van der Waals surface area contributed by atoms with Crippen molar-refractivity contribution < 1.29 is 9.84 Å². The summed E-state index contributed by atoms with van der Waals surface area (Å²) >= 11 is 0. The van der Waals surface area contributed by atoms with Crippen LogP contribution in [-0.2, 0) is 11.8 Å². The van der Waals surface area contributed by atoms with Gasteiger partial charge in [0.05, 0.1) is 12.9 Å². The minimum Gasteiger partial charge on any atom is -0.513 e. The van der Waals surface area contributed by atoms with Crippen LogP contribution >= 0.6 is 0 Å². The second-order valence-electron chi connectivity index (χ2n) is 8.28. The fourth-order valence-electron chi connectivity index (χ4n) is 6.00. The van der Waals surface area contributed by atoms with E-state index in [1.54, 1.807) is 14.0 Å². The highest BCUT2D eigenvalue weighted by molar-refractivity contribution is 5.44. The van der Waals surface area contributed by atoms with Crippen molar-refractivity contribution in [2.24, 2.45) is 17.8 Å². The average Bonchev–Trinajstić information content (AvgIpc) is 2.51. The molecular weight excluding hydrogens is 284 g/mol. The Morgan fingerprint density at radius 2 is 1.78 bits per heavy atom. The first-order valence-corrected chi connectivity index (χ1v) is 9.11. The first-order chi connectivity index (χ1) is 11.1. The van der Waals surface area contributed by atoms with Gasteiger partial charge in [0.2, 0.25) is 0 Å². The van der Waals surface area contributed by atoms with Crippen LogP contribution in [0.2, 0.25) is 0 Å². The third-order valence-corrected chi connectivity index (χ3v) is 6.51. The highest BCUT2D eigenvalue weighted by Gasteiger charge is 2.52. The van der Waals surface area contributed by atoms with Gasteiger partial charge in [-0.2, -0.15) is 0 Å². The molecule has 0 saturated heterocycles. The van der Waals surface area contributed by atoms with E-state index < -0.39 is 0 Å². The van der Waals surface area contributed by atoms with Crippen LogP contribution in [0.5, 0.6) is 5.75 Å². The Balaban J connectivity index is 1.72. The van der Waals surface area contributed by atoms with Crippen LogP contribution in [0.4, 0.5) is 0 Å². The van der Waals surface area contributed by atoms with Gasteiger partial charge in [-0.15, -0.1) is 0 Å². The maximum absolute atomic E-state index is 9.45. The van der Waals surface area contributed by atoms with Crippen LogP contribution in [0.15, 0.2) is 30.0 Å². The molecule has 4 aliphatic carbocycles. The van der Waals surface area contributed by atoms with Crippen molar-refractivity contribution in [3.63, 3.8) is 0 Å². The molecule has 1 aromatic rings. The Labute approximate surface area is 139 Å². The van der Waals surface area contributed by atoms with E-state index in [1.165, 1.54) is 49.7 Å². The Hall–Kier alpha value is -1.44. The van der Waals surface area contributed by atoms with Gasteiger partial charge < -0.3 is 9.84 Å². The molecule has 0 aromatic heterocycles. The van der Waals surface area contributed by atoms with E-state index >= 15 is 0 Å². The molecule has 0 heterocycles. The van der Waals surface area contributed by atoms with Crippen molar-refractivity contribution in [3.8, 4) is 5.75 Å². The Bertz CT molecular complexity index is 589. The SMILES string of the molecule is COc1ccc(CC=C(C)O)cc1C12CC3CC(CC(C3)C1)C2. The predicted molar refractivity (Wildman–Crippen MR) is 92.9 cm³/mol. The number of hydrogen-bond acceptors (Lipinski definition) is 2. The van der Waals surface area contributed by atoms with Gasteiger partial charge in [-0.1, -0.05) is 12.1 Å². The summed E-state index contributed by atoms with van der Waals surface area (Å²) in [5.41, 5.74) is 3.08. The maximum Gasteiger partial charge on any atom is 0.122 e. The standard InChI is InChI=1S/C21H28O2/c1-14(22)3-4-15-5-6-20(23-2)19(10-15)21-11-16-7-17(12-21)9-18(8-16)13-21/h3,5-6,10,16-18,22H,4,7-9,11-13H2,1-2H3. The molecule has 0 amide bonds. The number of ether oxygens (including phenoxy) is 1. The molecular formula is C21H28O2. The number of aliphatic hydroxyl groups excluding tert-OH is 1. The lowest BCUT2D eigenvalue weighted by atomic mass is 9.48. The van der Waals surface area contributed by atoms with E-state index in [2.05, 4.69) is 18.2 Å². The fraction of sp³-hybridized carbons (Fsp3) is 0.619. The third-order valence-electron chi connectivity index (χ3n) is 6.51. The average molecular weight is 312 g/mol. The summed E-state index contributed by atoms with van der Waals surface area (Å²) in [6.45, 7) is 1.74. The first-order valence-electron chi connectivity index (χ1n) is 9.11. The highest BCUT2D eigenvalue weighted by Crippen LogP contribution is 2.61. The van der Waals surface area contributed by atoms with Crippen molar-refractivity contribution in [2.75, 3.05) is 7.11 Å². The first kappa shape index (κ1) is 15.1. The largest absolute Gasteiger partial charge is 0.513 e. The topological polar surface area (TPSA) is 29.5 Å². The monoisotopic (exact) mass is 312 g/mol. The molecule has 2 nitrogen and oxygen atoms in total. The zero-order valence-corrected chi connectivity index (χ0v) is 14.3. The van der Waals surface area contributed by atoms with E-state index in [1.807, 2.05) is 6.08 Å². The quantitative estimate of drug-likeness (QED) is 0.777. The minimum absolute atomic E-state index is 0.355. The normalized spacial score (nSPS) is 35.6. The van der Waals surface area contributed by atoms with E-state index in [9.17, 15) is 5.11 Å². The number of methoxy groups -OCH3 is 1. The molecule has 0 aliphatic heterocycles. The number of allylic oxidation sites excluding steroid dienone is 2. The molecule has 124 valence electrons. The summed E-state index contributed by atoms with van der Waals surface area (Å²) in [6.07, 6.45) is 11.2. The lowest BCUT2D eigenvalue weighted by Crippen LogP contribution is -2.48. The minimum atomic E-state index is 0.355. The van der Waals surface area contributed by atoms with Gasteiger partial charge in [0.1, 0.15) is 5.75 Å². The Morgan fingerprint density at radius 1 is 1.17 bits per heavy atom. The number of hydrogen-bond donors (Lipinski definition) is 1. The fourth-order valence-corrected chi connectivity index (χ4v) is 6.00. The molecule has 1 aromatic carbocycles. The molecule has 0 radical (unpaired) electrons. The zero-order valence-electron chi connectivity index (χ0n) is 14.3. The molecule has 5 rings (SSSR count). The van der Waals surface area contributed by atoms with E-state index in [4.69, 9.17) is 4.74 Å². The number of aliphatic hydroxyl groups is 1. The van der Waals surface area contributed by atoms with Crippen molar-refractivity contribution >= 4 is 0 Å². The van der Waals surface area contributed by atoms with Crippen molar-refractivity contribution in [3.05, 3.63) is 41.2 Å². The van der Waals surface area contributed by atoms with Gasteiger partial charge in [-0.3, -0.25) is 0 Å². The summed E-state index contributed by atoms with van der Waals surface area (Å²) in [5.74, 6) is 4.29. The van der Waals surface area contributed by atoms with Crippen molar-refractivity contribution in [2.45, 2.75) is 57.3 Å². The zero-order chi connectivity index (χ0) is 16.0. The smallest absolute Gasteiger partial charge is 0.122 e. The molecule has 4 bridgehead atoms. The van der Waals surface area contributed by atoms with E-state index in [0.717, 1.165) is 29.9 Å².